The number of rotatable bonds is 3. The summed E-state index contributed by atoms with van der Waals surface area (Å²) in [6, 6.07) is 26.6. The van der Waals surface area contributed by atoms with Crippen LogP contribution in [0.2, 0.25) is 0 Å². The van der Waals surface area contributed by atoms with Gasteiger partial charge in [0.15, 0.2) is 5.78 Å². The molecular formula is C20H15O. The average Bonchev–Trinajstić information content (AvgIpc) is 2.56. The van der Waals surface area contributed by atoms with Gasteiger partial charge in [0.05, 0.1) is 0 Å². The van der Waals surface area contributed by atoms with Gasteiger partial charge in [-0.3, -0.25) is 4.79 Å². The summed E-state index contributed by atoms with van der Waals surface area (Å²) in [5, 5.41) is 0. The third-order valence-electron chi connectivity index (χ3n) is 3.51. The van der Waals surface area contributed by atoms with Crippen LogP contribution in [0.15, 0.2) is 72.8 Å². The highest BCUT2D eigenvalue weighted by Crippen LogP contribution is 2.22. The van der Waals surface area contributed by atoms with Crippen molar-refractivity contribution in [3.63, 3.8) is 0 Å². The Balaban J connectivity index is 1.98. The van der Waals surface area contributed by atoms with E-state index in [1.54, 1.807) is 0 Å². The molecule has 0 N–H and O–H groups in total. The number of aryl methyl sites for hydroxylation is 1. The summed E-state index contributed by atoms with van der Waals surface area (Å²) >= 11 is 0. The van der Waals surface area contributed by atoms with Crippen LogP contribution in [-0.2, 0) is 0 Å². The van der Waals surface area contributed by atoms with E-state index >= 15 is 0 Å². The van der Waals surface area contributed by atoms with E-state index in [0.29, 0.717) is 11.1 Å². The van der Waals surface area contributed by atoms with E-state index in [0.717, 1.165) is 16.7 Å². The largest absolute Gasteiger partial charge is 0.289 e. The normalized spacial score (nSPS) is 10.3. The molecule has 0 heterocycles. The van der Waals surface area contributed by atoms with E-state index in [9.17, 15) is 4.79 Å². The third-order valence-corrected chi connectivity index (χ3v) is 3.51. The van der Waals surface area contributed by atoms with Crippen molar-refractivity contribution in [3.8, 4) is 11.1 Å². The average molecular weight is 271 g/mol. The second kappa shape index (κ2) is 5.76. The lowest BCUT2D eigenvalue weighted by molar-refractivity contribution is 0.103. The highest BCUT2D eigenvalue weighted by molar-refractivity contribution is 6.10. The lowest BCUT2D eigenvalue weighted by Crippen LogP contribution is -2.03. The molecule has 0 aromatic heterocycles. The third kappa shape index (κ3) is 2.77. The lowest BCUT2D eigenvalue weighted by Gasteiger charge is -2.08. The second-order valence-electron chi connectivity index (χ2n) is 4.97. The SMILES string of the molecule is Cc1[c]c(-c2ccccc2)ccc1C(=O)c1ccccc1. The molecule has 3 aromatic carbocycles. The zero-order chi connectivity index (χ0) is 14.7. The van der Waals surface area contributed by atoms with Gasteiger partial charge in [-0.25, -0.2) is 0 Å². The summed E-state index contributed by atoms with van der Waals surface area (Å²) < 4.78 is 0. The Kier molecular flexibility index (Phi) is 3.65. The molecule has 1 nitrogen and oxygen atoms in total. The molecule has 21 heavy (non-hydrogen) atoms. The van der Waals surface area contributed by atoms with E-state index < -0.39 is 0 Å². The van der Waals surface area contributed by atoms with Crippen LogP contribution in [0.4, 0.5) is 0 Å². The Morgan fingerprint density at radius 3 is 2.05 bits per heavy atom. The van der Waals surface area contributed by atoms with Crippen LogP contribution in [0.1, 0.15) is 21.5 Å². The summed E-state index contributed by atoms with van der Waals surface area (Å²) in [5.41, 5.74) is 4.42. The van der Waals surface area contributed by atoms with Crippen LogP contribution in [0.25, 0.3) is 11.1 Å². The Hall–Kier alpha value is -2.67. The van der Waals surface area contributed by atoms with Gasteiger partial charge in [0.25, 0.3) is 0 Å². The second-order valence-corrected chi connectivity index (χ2v) is 4.97. The van der Waals surface area contributed by atoms with Gasteiger partial charge in [-0.15, -0.1) is 0 Å². The molecule has 0 aliphatic rings. The van der Waals surface area contributed by atoms with Crippen molar-refractivity contribution in [2.45, 2.75) is 6.92 Å². The molecule has 0 spiro atoms. The molecule has 0 amide bonds. The molecule has 0 fully saturated rings. The topological polar surface area (TPSA) is 17.1 Å². The summed E-state index contributed by atoms with van der Waals surface area (Å²) in [4.78, 5) is 12.5. The molecule has 3 rings (SSSR count). The van der Waals surface area contributed by atoms with Crippen molar-refractivity contribution in [2.75, 3.05) is 0 Å². The number of ketones is 1. The minimum atomic E-state index is 0.0453. The predicted octanol–water partition coefficient (Wildman–Crippen LogP) is 4.69. The first-order chi connectivity index (χ1) is 10.3. The quantitative estimate of drug-likeness (QED) is 0.631. The number of carbonyl (C=O) groups excluding carboxylic acids is 1. The van der Waals surface area contributed by atoms with E-state index in [1.165, 1.54) is 0 Å². The van der Waals surface area contributed by atoms with Crippen LogP contribution in [0.5, 0.6) is 0 Å². The molecule has 1 radical (unpaired) electrons. The van der Waals surface area contributed by atoms with Gasteiger partial charge >= 0.3 is 0 Å². The fraction of sp³-hybridized carbons (Fsp3) is 0.0500. The van der Waals surface area contributed by atoms with Gasteiger partial charge in [0.1, 0.15) is 0 Å². The first kappa shape index (κ1) is 13.3. The smallest absolute Gasteiger partial charge is 0.193 e. The van der Waals surface area contributed by atoms with Crippen molar-refractivity contribution >= 4 is 5.78 Å². The molecular weight excluding hydrogens is 256 g/mol. The summed E-state index contributed by atoms with van der Waals surface area (Å²) in [5.74, 6) is 0.0453. The molecule has 0 aliphatic carbocycles. The summed E-state index contributed by atoms with van der Waals surface area (Å²) in [6.45, 7) is 1.93. The summed E-state index contributed by atoms with van der Waals surface area (Å²) in [6.07, 6.45) is 0. The molecule has 0 saturated heterocycles. The number of benzene rings is 3. The Morgan fingerprint density at radius 1 is 0.810 bits per heavy atom. The fourth-order valence-electron chi connectivity index (χ4n) is 2.38. The van der Waals surface area contributed by atoms with Crippen LogP contribution in [0, 0.1) is 13.0 Å². The highest BCUT2D eigenvalue weighted by atomic mass is 16.1. The zero-order valence-corrected chi connectivity index (χ0v) is 11.8. The van der Waals surface area contributed by atoms with Gasteiger partial charge in [-0.05, 0) is 29.7 Å². The van der Waals surface area contributed by atoms with E-state index in [2.05, 4.69) is 6.07 Å². The standard InChI is InChI=1S/C20H15O/c1-15-14-18(16-8-4-2-5-9-16)12-13-19(15)20(21)17-10-6-3-7-11-17/h2-13H,1H3. The first-order valence-corrected chi connectivity index (χ1v) is 6.94. The number of hydrogen-bond donors (Lipinski definition) is 0. The molecule has 0 aliphatic heterocycles. The van der Waals surface area contributed by atoms with Crippen molar-refractivity contribution in [1.82, 2.24) is 0 Å². The molecule has 0 unspecified atom stereocenters. The van der Waals surface area contributed by atoms with E-state index in [1.807, 2.05) is 79.7 Å². The minimum absolute atomic E-state index is 0.0453. The van der Waals surface area contributed by atoms with Gasteiger partial charge < -0.3 is 0 Å². The number of hydrogen-bond acceptors (Lipinski definition) is 1. The Morgan fingerprint density at radius 2 is 1.43 bits per heavy atom. The van der Waals surface area contributed by atoms with E-state index in [-0.39, 0.29) is 5.78 Å². The van der Waals surface area contributed by atoms with Crippen molar-refractivity contribution in [3.05, 3.63) is 95.6 Å². The number of carbonyl (C=O) groups is 1. The molecule has 3 aromatic rings. The Labute approximate surface area is 124 Å². The van der Waals surface area contributed by atoms with Crippen LogP contribution in [-0.4, -0.2) is 5.78 Å². The lowest BCUT2D eigenvalue weighted by atomic mass is 9.95. The van der Waals surface area contributed by atoms with Gasteiger partial charge in [0, 0.05) is 11.1 Å². The summed E-state index contributed by atoms with van der Waals surface area (Å²) in [7, 11) is 0. The molecule has 1 heteroatoms. The van der Waals surface area contributed by atoms with Crippen molar-refractivity contribution in [2.24, 2.45) is 0 Å². The molecule has 101 valence electrons. The Bertz CT molecular complexity index is 758. The fourth-order valence-corrected chi connectivity index (χ4v) is 2.38. The molecule has 0 atom stereocenters. The van der Waals surface area contributed by atoms with Crippen LogP contribution < -0.4 is 0 Å². The maximum atomic E-state index is 12.5. The maximum absolute atomic E-state index is 12.5. The maximum Gasteiger partial charge on any atom is 0.193 e. The molecule has 0 saturated carbocycles. The van der Waals surface area contributed by atoms with Crippen molar-refractivity contribution < 1.29 is 4.79 Å². The zero-order valence-electron chi connectivity index (χ0n) is 11.8. The highest BCUT2D eigenvalue weighted by Gasteiger charge is 2.12. The monoisotopic (exact) mass is 271 g/mol. The van der Waals surface area contributed by atoms with E-state index in [4.69, 9.17) is 0 Å². The van der Waals surface area contributed by atoms with Crippen molar-refractivity contribution in [1.29, 1.82) is 0 Å². The van der Waals surface area contributed by atoms with Gasteiger partial charge in [-0.1, -0.05) is 72.8 Å². The van der Waals surface area contributed by atoms with Gasteiger partial charge in [-0.2, -0.15) is 0 Å². The predicted molar refractivity (Wildman–Crippen MR) is 85.3 cm³/mol. The van der Waals surface area contributed by atoms with Crippen LogP contribution in [0.3, 0.4) is 0 Å². The molecule has 0 bridgehead atoms. The van der Waals surface area contributed by atoms with Gasteiger partial charge in [0.2, 0.25) is 0 Å². The minimum Gasteiger partial charge on any atom is -0.289 e. The van der Waals surface area contributed by atoms with Crippen LogP contribution >= 0.6 is 0 Å². The first-order valence-electron chi connectivity index (χ1n) is 6.94.